The molecular weight excluding hydrogens is 358 g/mol. The maximum absolute atomic E-state index is 11.8. The van der Waals surface area contributed by atoms with Crippen LogP contribution < -0.4 is 5.32 Å². The topological polar surface area (TPSA) is 55.4 Å². The molecule has 0 atom stereocenters. The van der Waals surface area contributed by atoms with Gasteiger partial charge in [-0.3, -0.25) is 4.79 Å². The molecule has 23 heavy (non-hydrogen) atoms. The summed E-state index contributed by atoms with van der Waals surface area (Å²) in [6.45, 7) is 1.62. The van der Waals surface area contributed by atoms with E-state index in [4.69, 9.17) is 4.74 Å². The summed E-state index contributed by atoms with van der Waals surface area (Å²) in [7, 11) is 0. The molecule has 0 aromatic heterocycles. The first-order valence-electron chi connectivity index (χ1n) is 7.00. The highest BCUT2D eigenvalue weighted by Crippen LogP contribution is 2.23. The van der Waals surface area contributed by atoms with Crippen molar-refractivity contribution in [2.45, 2.75) is 6.92 Å². The lowest BCUT2D eigenvalue weighted by Gasteiger charge is -2.08. The van der Waals surface area contributed by atoms with Crippen LogP contribution in [0.5, 0.6) is 0 Å². The number of amides is 1. The van der Waals surface area contributed by atoms with Gasteiger partial charge in [-0.1, -0.05) is 36.4 Å². The van der Waals surface area contributed by atoms with E-state index in [0.717, 1.165) is 15.6 Å². The SMILES string of the molecule is Cc1ccc(NC(=O)COC(=O)/C=C/c2ccccc2)c(Br)c1. The minimum atomic E-state index is -0.563. The van der Waals surface area contributed by atoms with Crippen molar-refractivity contribution in [1.29, 1.82) is 0 Å². The zero-order valence-corrected chi connectivity index (χ0v) is 14.2. The van der Waals surface area contributed by atoms with Gasteiger partial charge in [0.05, 0.1) is 5.69 Å². The highest BCUT2D eigenvalue weighted by Gasteiger charge is 2.08. The minimum absolute atomic E-state index is 0.335. The number of anilines is 1. The second-order valence-corrected chi connectivity index (χ2v) is 5.74. The second-order valence-electron chi connectivity index (χ2n) is 4.88. The highest BCUT2D eigenvalue weighted by molar-refractivity contribution is 9.10. The first-order valence-corrected chi connectivity index (χ1v) is 7.80. The Morgan fingerprint density at radius 1 is 1.17 bits per heavy atom. The maximum atomic E-state index is 11.8. The second kappa shape index (κ2) is 8.29. The normalized spacial score (nSPS) is 10.5. The standard InChI is InChI=1S/C18H16BrNO3/c1-13-7-9-16(15(19)11-13)20-17(21)12-23-18(22)10-8-14-5-3-2-4-6-14/h2-11H,12H2,1H3,(H,20,21)/b10-8+. The van der Waals surface area contributed by atoms with Gasteiger partial charge < -0.3 is 10.1 Å². The summed E-state index contributed by atoms with van der Waals surface area (Å²) in [6, 6.07) is 14.9. The zero-order valence-electron chi connectivity index (χ0n) is 12.6. The summed E-state index contributed by atoms with van der Waals surface area (Å²) >= 11 is 3.37. The molecule has 2 rings (SSSR count). The van der Waals surface area contributed by atoms with Gasteiger partial charge in [-0.25, -0.2) is 4.79 Å². The third kappa shape index (κ3) is 5.71. The Balaban J connectivity index is 1.82. The van der Waals surface area contributed by atoms with Crippen LogP contribution >= 0.6 is 15.9 Å². The van der Waals surface area contributed by atoms with E-state index in [1.807, 2.05) is 49.4 Å². The minimum Gasteiger partial charge on any atom is -0.452 e. The van der Waals surface area contributed by atoms with Crippen LogP contribution in [0.4, 0.5) is 5.69 Å². The van der Waals surface area contributed by atoms with E-state index >= 15 is 0 Å². The van der Waals surface area contributed by atoms with Crippen LogP contribution in [0, 0.1) is 6.92 Å². The lowest BCUT2D eigenvalue weighted by molar-refractivity contribution is -0.142. The maximum Gasteiger partial charge on any atom is 0.331 e. The van der Waals surface area contributed by atoms with Gasteiger partial charge in [0.1, 0.15) is 0 Å². The van der Waals surface area contributed by atoms with Crippen LogP contribution in [0.1, 0.15) is 11.1 Å². The fourth-order valence-electron chi connectivity index (χ4n) is 1.82. The highest BCUT2D eigenvalue weighted by atomic mass is 79.9. The molecule has 5 heteroatoms. The Kier molecular flexibility index (Phi) is 6.11. The predicted molar refractivity (Wildman–Crippen MR) is 93.9 cm³/mol. The zero-order chi connectivity index (χ0) is 16.7. The van der Waals surface area contributed by atoms with Crippen molar-refractivity contribution in [3.63, 3.8) is 0 Å². The van der Waals surface area contributed by atoms with Gasteiger partial charge in [0, 0.05) is 10.5 Å². The first kappa shape index (κ1) is 17.0. The van der Waals surface area contributed by atoms with Crippen molar-refractivity contribution in [2.24, 2.45) is 0 Å². The quantitative estimate of drug-likeness (QED) is 0.637. The summed E-state index contributed by atoms with van der Waals surface area (Å²) in [4.78, 5) is 23.4. The number of ether oxygens (including phenoxy) is 1. The number of esters is 1. The van der Waals surface area contributed by atoms with Crippen LogP contribution in [0.2, 0.25) is 0 Å². The molecular formula is C18H16BrNO3. The third-order valence-electron chi connectivity index (χ3n) is 2.96. The molecule has 0 fully saturated rings. The van der Waals surface area contributed by atoms with Gasteiger partial charge in [-0.05, 0) is 52.2 Å². The van der Waals surface area contributed by atoms with Crippen molar-refractivity contribution < 1.29 is 14.3 Å². The number of rotatable bonds is 5. The van der Waals surface area contributed by atoms with Crippen molar-refractivity contribution in [1.82, 2.24) is 0 Å². The van der Waals surface area contributed by atoms with E-state index in [1.165, 1.54) is 6.08 Å². The van der Waals surface area contributed by atoms with E-state index in [2.05, 4.69) is 21.2 Å². The number of nitrogens with one attached hydrogen (secondary N) is 1. The molecule has 118 valence electrons. The molecule has 0 aliphatic carbocycles. The third-order valence-corrected chi connectivity index (χ3v) is 3.61. The van der Waals surface area contributed by atoms with E-state index in [9.17, 15) is 9.59 Å². The van der Waals surface area contributed by atoms with Crippen LogP contribution in [0.25, 0.3) is 6.08 Å². The van der Waals surface area contributed by atoms with Crippen LogP contribution in [-0.4, -0.2) is 18.5 Å². The number of hydrogen-bond donors (Lipinski definition) is 1. The van der Waals surface area contributed by atoms with Crippen LogP contribution in [0.15, 0.2) is 59.1 Å². The van der Waals surface area contributed by atoms with Gasteiger partial charge in [0.15, 0.2) is 6.61 Å². The summed E-state index contributed by atoms with van der Waals surface area (Å²) in [6.07, 6.45) is 2.93. The Labute approximate surface area is 143 Å². The molecule has 0 aliphatic heterocycles. The molecule has 2 aromatic carbocycles. The lowest BCUT2D eigenvalue weighted by atomic mass is 10.2. The van der Waals surface area contributed by atoms with Crippen molar-refractivity contribution >= 4 is 39.6 Å². The number of hydrogen-bond acceptors (Lipinski definition) is 3. The molecule has 1 amide bonds. The molecule has 0 spiro atoms. The number of carbonyl (C=O) groups excluding carboxylic acids is 2. The van der Waals surface area contributed by atoms with Gasteiger partial charge in [-0.2, -0.15) is 0 Å². The molecule has 2 aromatic rings. The Hall–Kier alpha value is -2.40. The molecule has 0 heterocycles. The molecule has 0 unspecified atom stereocenters. The number of aryl methyl sites for hydroxylation is 1. The van der Waals surface area contributed by atoms with Crippen molar-refractivity contribution in [3.8, 4) is 0 Å². The molecule has 0 saturated heterocycles. The summed E-state index contributed by atoms with van der Waals surface area (Å²) < 4.78 is 5.69. The fourth-order valence-corrected chi connectivity index (χ4v) is 2.41. The predicted octanol–water partition coefficient (Wildman–Crippen LogP) is 3.95. The largest absolute Gasteiger partial charge is 0.452 e. The summed E-state index contributed by atoms with van der Waals surface area (Å²) in [5, 5.41) is 2.68. The van der Waals surface area contributed by atoms with E-state index in [-0.39, 0.29) is 6.61 Å². The molecule has 1 N–H and O–H groups in total. The van der Waals surface area contributed by atoms with Crippen molar-refractivity contribution in [2.75, 3.05) is 11.9 Å². The molecule has 0 bridgehead atoms. The Morgan fingerprint density at radius 3 is 2.61 bits per heavy atom. The average Bonchev–Trinajstić information content (AvgIpc) is 2.54. The number of carbonyl (C=O) groups is 2. The first-order chi connectivity index (χ1) is 11.0. The van der Waals surface area contributed by atoms with E-state index < -0.39 is 11.9 Å². The monoisotopic (exact) mass is 373 g/mol. The lowest BCUT2D eigenvalue weighted by Crippen LogP contribution is -2.20. The van der Waals surface area contributed by atoms with Gasteiger partial charge in [0.2, 0.25) is 0 Å². The fraction of sp³-hybridized carbons (Fsp3) is 0.111. The Morgan fingerprint density at radius 2 is 1.91 bits per heavy atom. The molecule has 0 aliphatic rings. The van der Waals surface area contributed by atoms with Crippen molar-refractivity contribution in [3.05, 3.63) is 70.2 Å². The molecule has 4 nitrogen and oxygen atoms in total. The van der Waals surface area contributed by atoms with E-state index in [0.29, 0.717) is 5.69 Å². The van der Waals surface area contributed by atoms with Gasteiger partial charge in [0.25, 0.3) is 5.91 Å². The molecule has 0 radical (unpaired) electrons. The average molecular weight is 374 g/mol. The number of benzene rings is 2. The Bertz CT molecular complexity index is 726. The summed E-state index contributed by atoms with van der Waals surface area (Å²) in [5.74, 6) is -0.956. The van der Waals surface area contributed by atoms with Crippen LogP contribution in [-0.2, 0) is 14.3 Å². The van der Waals surface area contributed by atoms with Gasteiger partial charge in [-0.15, -0.1) is 0 Å². The summed E-state index contributed by atoms with van der Waals surface area (Å²) in [5.41, 5.74) is 2.60. The van der Waals surface area contributed by atoms with Crippen LogP contribution in [0.3, 0.4) is 0 Å². The number of halogens is 1. The van der Waals surface area contributed by atoms with E-state index in [1.54, 1.807) is 12.1 Å². The molecule has 0 saturated carbocycles. The van der Waals surface area contributed by atoms with Gasteiger partial charge >= 0.3 is 5.97 Å². The smallest absolute Gasteiger partial charge is 0.331 e.